The summed E-state index contributed by atoms with van der Waals surface area (Å²) >= 11 is 3.56. The Kier molecular flexibility index (Phi) is 4.53. The van der Waals surface area contributed by atoms with Crippen LogP contribution in [0.4, 0.5) is 0 Å². The number of nitrogens with zero attached hydrogens (tertiary/aromatic N) is 2. The van der Waals surface area contributed by atoms with Crippen LogP contribution in [-0.2, 0) is 10.8 Å². The molecule has 4 heteroatoms. The molecule has 2 aromatic heterocycles. The van der Waals surface area contributed by atoms with Crippen molar-refractivity contribution in [1.29, 1.82) is 0 Å². The number of pyridine rings is 1. The molecule has 1 aliphatic carbocycles. The first-order chi connectivity index (χ1) is 16.1. The second-order valence-corrected chi connectivity index (χ2v) is 11.7. The van der Waals surface area contributed by atoms with Crippen molar-refractivity contribution in [3.63, 3.8) is 0 Å². The van der Waals surface area contributed by atoms with Gasteiger partial charge in [0.1, 0.15) is 17.3 Å². The standard InChI is InChI=1S/C30H27BrN2O/c1-29(2,3)18-12-13-32-26(14-18)33-24-11-7-10-22-27(24)28-23(30(22,4)5)16-21(17-25(28)33)34-20-9-6-8-19(31)15-20/h6-17H,1-5H3. The third kappa shape index (κ3) is 3.12. The lowest BCUT2D eigenvalue weighted by atomic mass is 9.81. The normalized spacial score (nSPS) is 14.4. The first-order valence-electron chi connectivity index (χ1n) is 11.7. The minimum atomic E-state index is -0.0984. The SMILES string of the molecule is CC(C)(C)c1ccnc(-n2c3cccc4c3c3c(cc(Oc5cccc(Br)c5)cc32)C4(C)C)c1. The van der Waals surface area contributed by atoms with Crippen LogP contribution in [0.3, 0.4) is 0 Å². The number of rotatable bonds is 3. The van der Waals surface area contributed by atoms with E-state index in [1.165, 1.54) is 33.0 Å². The molecule has 0 unspecified atom stereocenters. The molecule has 2 heterocycles. The van der Waals surface area contributed by atoms with E-state index in [1.807, 2.05) is 30.5 Å². The summed E-state index contributed by atoms with van der Waals surface area (Å²) in [5, 5.41) is 2.63. The fourth-order valence-corrected chi connectivity index (χ4v) is 5.68. The fourth-order valence-electron chi connectivity index (χ4n) is 5.30. The lowest BCUT2D eigenvalue weighted by Gasteiger charge is -2.24. The number of hydrogen-bond donors (Lipinski definition) is 0. The van der Waals surface area contributed by atoms with Crippen molar-refractivity contribution in [3.05, 3.63) is 94.1 Å². The molecule has 170 valence electrons. The van der Waals surface area contributed by atoms with Gasteiger partial charge in [0.15, 0.2) is 0 Å². The van der Waals surface area contributed by atoms with Gasteiger partial charge in [0.2, 0.25) is 0 Å². The number of hydrogen-bond acceptors (Lipinski definition) is 2. The number of halogens is 1. The van der Waals surface area contributed by atoms with Gasteiger partial charge in [0.25, 0.3) is 0 Å². The van der Waals surface area contributed by atoms with E-state index in [0.717, 1.165) is 27.3 Å². The second-order valence-electron chi connectivity index (χ2n) is 10.7. The number of aromatic nitrogens is 2. The molecule has 34 heavy (non-hydrogen) atoms. The van der Waals surface area contributed by atoms with Crippen molar-refractivity contribution in [2.75, 3.05) is 0 Å². The van der Waals surface area contributed by atoms with E-state index in [9.17, 15) is 0 Å². The molecule has 0 aliphatic heterocycles. The summed E-state index contributed by atoms with van der Waals surface area (Å²) in [6, 6.07) is 23.3. The molecule has 0 spiro atoms. The van der Waals surface area contributed by atoms with Crippen molar-refractivity contribution in [1.82, 2.24) is 9.55 Å². The minimum Gasteiger partial charge on any atom is -0.457 e. The molecule has 6 rings (SSSR count). The highest BCUT2D eigenvalue weighted by Gasteiger charge is 2.37. The quantitative estimate of drug-likeness (QED) is 0.242. The van der Waals surface area contributed by atoms with E-state index < -0.39 is 0 Å². The molecule has 1 aliphatic rings. The summed E-state index contributed by atoms with van der Waals surface area (Å²) in [5.74, 6) is 2.59. The molecule has 0 saturated heterocycles. The molecule has 0 bridgehead atoms. The van der Waals surface area contributed by atoms with Crippen LogP contribution >= 0.6 is 15.9 Å². The van der Waals surface area contributed by atoms with Crippen LogP contribution < -0.4 is 4.74 Å². The Hall–Kier alpha value is -3.11. The van der Waals surface area contributed by atoms with Crippen molar-refractivity contribution in [3.8, 4) is 17.3 Å². The molecule has 0 fully saturated rings. The van der Waals surface area contributed by atoms with Gasteiger partial charge in [-0.05, 0) is 64.6 Å². The smallest absolute Gasteiger partial charge is 0.137 e. The van der Waals surface area contributed by atoms with Gasteiger partial charge in [-0.25, -0.2) is 4.98 Å². The number of ether oxygens (including phenoxy) is 1. The third-order valence-electron chi connectivity index (χ3n) is 7.08. The van der Waals surface area contributed by atoms with Gasteiger partial charge in [-0.2, -0.15) is 0 Å². The van der Waals surface area contributed by atoms with Crippen molar-refractivity contribution >= 4 is 37.7 Å². The molecular formula is C30H27BrN2O. The predicted octanol–water partition coefficient (Wildman–Crippen LogP) is 8.67. The molecule has 0 saturated carbocycles. The lowest BCUT2D eigenvalue weighted by molar-refractivity contribution is 0.481. The van der Waals surface area contributed by atoms with Crippen LogP contribution in [0.2, 0.25) is 0 Å². The zero-order valence-corrected chi connectivity index (χ0v) is 21.7. The van der Waals surface area contributed by atoms with E-state index in [4.69, 9.17) is 9.72 Å². The summed E-state index contributed by atoms with van der Waals surface area (Å²) < 4.78 is 9.69. The molecular weight excluding hydrogens is 484 g/mol. The van der Waals surface area contributed by atoms with Crippen LogP contribution in [0.25, 0.3) is 27.6 Å². The molecule has 5 aromatic rings. The van der Waals surface area contributed by atoms with Gasteiger partial charge in [-0.3, -0.25) is 4.57 Å². The Morgan fingerprint density at radius 2 is 1.59 bits per heavy atom. The minimum absolute atomic E-state index is 0.0425. The summed E-state index contributed by atoms with van der Waals surface area (Å²) in [7, 11) is 0. The van der Waals surface area contributed by atoms with Gasteiger partial charge >= 0.3 is 0 Å². The van der Waals surface area contributed by atoms with Crippen LogP contribution in [0.5, 0.6) is 11.5 Å². The van der Waals surface area contributed by atoms with E-state index in [-0.39, 0.29) is 10.8 Å². The maximum absolute atomic E-state index is 6.39. The molecule has 0 atom stereocenters. The van der Waals surface area contributed by atoms with Gasteiger partial charge in [0.05, 0.1) is 11.0 Å². The van der Waals surface area contributed by atoms with Crippen molar-refractivity contribution in [2.24, 2.45) is 0 Å². The van der Waals surface area contributed by atoms with E-state index in [1.54, 1.807) is 0 Å². The van der Waals surface area contributed by atoms with Gasteiger partial charge in [0, 0.05) is 32.9 Å². The average Bonchev–Trinajstić information content (AvgIpc) is 3.23. The first-order valence-corrected chi connectivity index (χ1v) is 12.5. The first kappa shape index (κ1) is 21.4. The summed E-state index contributed by atoms with van der Waals surface area (Å²) in [5.41, 5.74) is 6.19. The monoisotopic (exact) mass is 510 g/mol. The molecule has 0 amide bonds. The number of benzene rings is 3. The van der Waals surface area contributed by atoms with Gasteiger partial charge < -0.3 is 4.74 Å². The zero-order chi connectivity index (χ0) is 23.8. The van der Waals surface area contributed by atoms with Crippen LogP contribution in [0.1, 0.15) is 51.3 Å². The van der Waals surface area contributed by atoms with Crippen LogP contribution in [0.15, 0.2) is 77.4 Å². The summed E-state index contributed by atoms with van der Waals surface area (Å²) in [6.45, 7) is 11.3. The Bertz CT molecular complexity index is 1600. The van der Waals surface area contributed by atoms with E-state index >= 15 is 0 Å². The van der Waals surface area contributed by atoms with Gasteiger partial charge in [-0.1, -0.05) is 68.7 Å². The van der Waals surface area contributed by atoms with Crippen LogP contribution in [0, 0.1) is 0 Å². The van der Waals surface area contributed by atoms with Crippen molar-refractivity contribution < 1.29 is 4.74 Å². The molecule has 0 radical (unpaired) electrons. The van der Waals surface area contributed by atoms with Gasteiger partial charge in [-0.15, -0.1) is 0 Å². The highest BCUT2D eigenvalue weighted by atomic mass is 79.9. The Morgan fingerprint density at radius 3 is 2.35 bits per heavy atom. The predicted molar refractivity (Wildman–Crippen MR) is 144 cm³/mol. The highest BCUT2D eigenvalue weighted by Crippen LogP contribution is 2.52. The topological polar surface area (TPSA) is 27.1 Å². The highest BCUT2D eigenvalue weighted by molar-refractivity contribution is 9.10. The fraction of sp³-hybridized carbons (Fsp3) is 0.233. The molecule has 0 N–H and O–H groups in total. The Labute approximate surface area is 208 Å². The van der Waals surface area contributed by atoms with E-state index in [2.05, 4.69) is 97.6 Å². The zero-order valence-electron chi connectivity index (χ0n) is 20.1. The second kappa shape index (κ2) is 7.19. The Morgan fingerprint density at radius 1 is 0.824 bits per heavy atom. The summed E-state index contributed by atoms with van der Waals surface area (Å²) in [6.07, 6.45) is 1.93. The average molecular weight is 511 g/mol. The maximum Gasteiger partial charge on any atom is 0.137 e. The van der Waals surface area contributed by atoms with E-state index in [0.29, 0.717) is 0 Å². The summed E-state index contributed by atoms with van der Waals surface area (Å²) in [4.78, 5) is 4.82. The molecule has 3 aromatic carbocycles. The Balaban J connectivity index is 1.66. The third-order valence-corrected chi connectivity index (χ3v) is 7.58. The van der Waals surface area contributed by atoms with Crippen molar-refractivity contribution in [2.45, 2.75) is 45.4 Å². The lowest BCUT2D eigenvalue weighted by Crippen LogP contribution is -2.16. The largest absolute Gasteiger partial charge is 0.457 e. The van der Waals surface area contributed by atoms with Crippen LogP contribution in [-0.4, -0.2) is 9.55 Å². The maximum atomic E-state index is 6.39. The molecule has 3 nitrogen and oxygen atoms in total.